The second-order valence-corrected chi connectivity index (χ2v) is 8.34. The third-order valence-corrected chi connectivity index (χ3v) is 6.04. The van der Waals surface area contributed by atoms with Crippen molar-refractivity contribution in [3.8, 4) is 22.6 Å². The number of hydrogen-bond acceptors (Lipinski definition) is 6. The van der Waals surface area contributed by atoms with Crippen molar-refractivity contribution in [2.24, 2.45) is 0 Å². The van der Waals surface area contributed by atoms with Crippen LogP contribution in [0.25, 0.3) is 22.6 Å². The number of aromatic amines is 1. The topological polar surface area (TPSA) is 83.6 Å². The van der Waals surface area contributed by atoms with Gasteiger partial charge < -0.3 is 5.32 Å². The molecule has 0 unspecified atom stereocenters. The SMILES string of the molecule is O=C(CSc1n[nH]c(-c2ccccc2Br)n1)Nc1nc(-c2ccccc2)cs1. The number of H-pyrrole nitrogens is 1. The molecule has 0 radical (unpaired) electrons. The number of nitrogens with one attached hydrogen (secondary N) is 2. The fourth-order valence-electron chi connectivity index (χ4n) is 2.44. The Morgan fingerprint density at radius 1 is 1.11 bits per heavy atom. The van der Waals surface area contributed by atoms with E-state index in [0.29, 0.717) is 16.1 Å². The van der Waals surface area contributed by atoms with Crippen LogP contribution in [0.1, 0.15) is 0 Å². The molecule has 0 aliphatic rings. The minimum absolute atomic E-state index is 0.147. The van der Waals surface area contributed by atoms with Crippen LogP contribution in [0, 0.1) is 0 Å². The molecule has 28 heavy (non-hydrogen) atoms. The highest BCUT2D eigenvalue weighted by atomic mass is 79.9. The zero-order valence-corrected chi connectivity index (χ0v) is 17.6. The van der Waals surface area contributed by atoms with Gasteiger partial charge in [-0.2, -0.15) is 0 Å². The van der Waals surface area contributed by atoms with E-state index in [1.807, 2.05) is 60.0 Å². The van der Waals surface area contributed by atoms with E-state index in [0.717, 1.165) is 21.3 Å². The fraction of sp³-hybridized carbons (Fsp3) is 0.0526. The minimum Gasteiger partial charge on any atom is -0.301 e. The summed E-state index contributed by atoms with van der Waals surface area (Å²) in [6.45, 7) is 0. The van der Waals surface area contributed by atoms with Gasteiger partial charge in [0.1, 0.15) is 0 Å². The number of aromatic nitrogens is 4. The van der Waals surface area contributed by atoms with Gasteiger partial charge in [0, 0.05) is 21.0 Å². The summed E-state index contributed by atoms with van der Waals surface area (Å²) in [5, 5.41) is 12.9. The highest BCUT2D eigenvalue weighted by Crippen LogP contribution is 2.27. The summed E-state index contributed by atoms with van der Waals surface area (Å²) in [6, 6.07) is 17.6. The van der Waals surface area contributed by atoms with E-state index in [9.17, 15) is 4.79 Å². The third kappa shape index (κ3) is 4.49. The number of benzene rings is 2. The number of hydrogen-bond donors (Lipinski definition) is 2. The molecule has 6 nitrogen and oxygen atoms in total. The lowest BCUT2D eigenvalue weighted by molar-refractivity contribution is -0.113. The average molecular weight is 472 g/mol. The first-order valence-corrected chi connectivity index (χ1v) is 11.0. The maximum Gasteiger partial charge on any atom is 0.236 e. The molecule has 2 heterocycles. The zero-order chi connectivity index (χ0) is 19.3. The van der Waals surface area contributed by atoms with E-state index in [2.05, 4.69) is 41.4 Å². The number of amides is 1. The van der Waals surface area contributed by atoms with Crippen molar-refractivity contribution >= 4 is 50.1 Å². The van der Waals surface area contributed by atoms with Gasteiger partial charge in [-0.15, -0.1) is 16.4 Å². The van der Waals surface area contributed by atoms with Crippen LogP contribution in [-0.2, 0) is 4.79 Å². The van der Waals surface area contributed by atoms with Gasteiger partial charge in [-0.3, -0.25) is 9.89 Å². The summed E-state index contributed by atoms with van der Waals surface area (Å²) >= 11 is 6.17. The van der Waals surface area contributed by atoms with Gasteiger partial charge in [-0.25, -0.2) is 9.97 Å². The van der Waals surface area contributed by atoms with Gasteiger partial charge in [0.15, 0.2) is 11.0 Å². The van der Waals surface area contributed by atoms with Crippen LogP contribution in [0.4, 0.5) is 5.13 Å². The fourth-order valence-corrected chi connectivity index (χ4v) is 4.25. The summed E-state index contributed by atoms with van der Waals surface area (Å²) in [4.78, 5) is 21.1. The molecule has 4 aromatic rings. The van der Waals surface area contributed by atoms with Crippen LogP contribution in [0.15, 0.2) is 69.6 Å². The molecular weight excluding hydrogens is 458 g/mol. The van der Waals surface area contributed by atoms with Gasteiger partial charge in [0.25, 0.3) is 0 Å². The molecule has 4 rings (SSSR count). The predicted octanol–water partition coefficient (Wildman–Crippen LogP) is 5.09. The Hall–Kier alpha value is -2.49. The Labute approximate surface area is 178 Å². The van der Waals surface area contributed by atoms with Gasteiger partial charge in [-0.05, 0) is 6.07 Å². The first kappa shape index (κ1) is 18.9. The molecule has 9 heteroatoms. The zero-order valence-electron chi connectivity index (χ0n) is 14.4. The van der Waals surface area contributed by atoms with E-state index in [4.69, 9.17) is 0 Å². The summed E-state index contributed by atoms with van der Waals surface area (Å²) in [5.74, 6) is 0.710. The van der Waals surface area contributed by atoms with E-state index >= 15 is 0 Å². The summed E-state index contributed by atoms with van der Waals surface area (Å²) in [7, 11) is 0. The lowest BCUT2D eigenvalue weighted by Gasteiger charge is -2.00. The van der Waals surface area contributed by atoms with Crippen LogP contribution in [0.2, 0.25) is 0 Å². The molecule has 0 bridgehead atoms. The molecular formula is C19H14BrN5OS2. The van der Waals surface area contributed by atoms with Crippen molar-refractivity contribution in [1.29, 1.82) is 0 Å². The Morgan fingerprint density at radius 2 is 1.89 bits per heavy atom. The normalized spacial score (nSPS) is 10.8. The minimum atomic E-state index is -0.147. The van der Waals surface area contributed by atoms with Gasteiger partial charge >= 0.3 is 0 Å². The average Bonchev–Trinajstić information content (AvgIpc) is 3.37. The molecule has 1 amide bonds. The monoisotopic (exact) mass is 471 g/mol. The molecule has 0 spiro atoms. The second kappa shape index (κ2) is 8.68. The van der Waals surface area contributed by atoms with Gasteiger partial charge in [-0.1, -0.05) is 76.2 Å². The highest BCUT2D eigenvalue weighted by molar-refractivity contribution is 9.10. The highest BCUT2D eigenvalue weighted by Gasteiger charge is 2.12. The maximum atomic E-state index is 12.2. The molecule has 0 saturated heterocycles. The van der Waals surface area contributed by atoms with Crippen LogP contribution >= 0.6 is 39.0 Å². The number of thioether (sulfide) groups is 1. The third-order valence-electron chi connectivity index (χ3n) is 3.75. The number of rotatable bonds is 6. The molecule has 2 aromatic heterocycles. The Bertz CT molecular complexity index is 1100. The first-order chi connectivity index (χ1) is 13.7. The maximum absolute atomic E-state index is 12.2. The standard InChI is InChI=1S/C19H14BrN5OS2/c20-14-9-5-4-8-13(14)17-23-19(25-24-17)28-11-16(26)22-18-21-15(10-27-18)12-6-2-1-3-7-12/h1-10H,11H2,(H,21,22,26)(H,23,24,25). The number of anilines is 1. The lowest BCUT2D eigenvalue weighted by Crippen LogP contribution is -2.13. The molecule has 0 aliphatic heterocycles. The second-order valence-electron chi connectivity index (χ2n) is 5.69. The van der Waals surface area contributed by atoms with E-state index in [1.54, 1.807) is 0 Å². The number of carbonyl (C=O) groups is 1. The van der Waals surface area contributed by atoms with Crippen molar-refractivity contribution in [2.75, 3.05) is 11.1 Å². The molecule has 0 atom stereocenters. The summed E-state index contributed by atoms with van der Waals surface area (Å²) in [6.07, 6.45) is 0. The number of thiazole rings is 1. The van der Waals surface area contributed by atoms with Crippen molar-refractivity contribution in [3.05, 3.63) is 64.5 Å². The smallest absolute Gasteiger partial charge is 0.236 e. The summed E-state index contributed by atoms with van der Waals surface area (Å²) < 4.78 is 0.929. The summed E-state index contributed by atoms with van der Waals surface area (Å²) in [5.41, 5.74) is 2.79. The Morgan fingerprint density at radius 3 is 2.71 bits per heavy atom. The predicted molar refractivity (Wildman–Crippen MR) is 116 cm³/mol. The Balaban J connectivity index is 1.34. The quantitative estimate of drug-likeness (QED) is 0.382. The van der Waals surface area contributed by atoms with Gasteiger partial charge in [0.05, 0.1) is 11.4 Å². The number of halogens is 1. The molecule has 0 saturated carbocycles. The molecule has 0 aliphatic carbocycles. The van der Waals surface area contributed by atoms with Crippen molar-refractivity contribution in [3.63, 3.8) is 0 Å². The molecule has 2 N–H and O–H groups in total. The Kier molecular flexibility index (Phi) is 5.84. The number of nitrogens with zero attached hydrogens (tertiary/aromatic N) is 3. The van der Waals surface area contributed by atoms with Crippen LogP contribution in [-0.4, -0.2) is 31.8 Å². The van der Waals surface area contributed by atoms with Crippen LogP contribution in [0.5, 0.6) is 0 Å². The van der Waals surface area contributed by atoms with Crippen molar-refractivity contribution in [1.82, 2.24) is 20.2 Å². The molecule has 140 valence electrons. The molecule has 0 fully saturated rings. The van der Waals surface area contributed by atoms with Crippen LogP contribution < -0.4 is 5.32 Å². The lowest BCUT2D eigenvalue weighted by atomic mass is 10.2. The van der Waals surface area contributed by atoms with E-state index < -0.39 is 0 Å². The van der Waals surface area contributed by atoms with Crippen molar-refractivity contribution < 1.29 is 4.79 Å². The first-order valence-electron chi connectivity index (χ1n) is 8.30. The van der Waals surface area contributed by atoms with Gasteiger partial charge in [0.2, 0.25) is 11.1 Å². The van der Waals surface area contributed by atoms with Crippen LogP contribution in [0.3, 0.4) is 0 Å². The van der Waals surface area contributed by atoms with E-state index in [-0.39, 0.29) is 11.7 Å². The largest absolute Gasteiger partial charge is 0.301 e. The van der Waals surface area contributed by atoms with Crippen molar-refractivity contribution in [2.45, 2.75) is 5.16 Å². The number of carbonyl (C=O) groups excluding carboxylic acids is 1. The molecule has 2 aromatic carbocycles. The van der Waals surface area contributed by atoms with E-state index in [1.165, 1.54) is 23.1 Å².